The van der Waals surface area contributed by atoms with Crippen LogP contribution in [0, 0.1) is 0 Å². The summed E-state index contributed by atoms with van der Waals surface area (Å²) in [4.78, 5) is 27.9. The Morgan fingerprint density at radius 2 is 2.10 bits per heavy atom. The number of esters is 1. The van der Waals surface area contributed by atoms with E-state index in [0.717, 1.165) is 6.42 Å². The van der Waals surface area contributed by atoms with Gasteiger partial charge in [0.15, 0.2) is 5.78 Å². The van der Waals surface area contributed by atoms with Crippen molar-refractivity contribution in [3.05, 3.63) is 35.7 Å². The quantitative estimate of drug-likeness (QED) is 0.239. The van der Waals surface area contributed by atoms with E-state index in [4.69, 9.17) is 9.47 Å². The number of carbonyl (C=O) groups is 2. The van der Waals surface area contributed by atoms with E-state index in [1.54, 1.807) is 31.3 Å². The van der Waals surface area contributed by atoms with E-state index in [9.17, 15) is 9.59 Å². The Kier molecular flexibility index (Phi) is 7.21. The average Bonchev–Trinajstić information content (AvgIpc) is 2.46. The van der Waals surface area contributed by atoms with Crippen LogP contribution >= 0.6 is 0 Å². The standard InChI is InChI=1S/C15H19NO4/c1-3-9-19-11-14(17)13(15(18)20-4-2)10-12-7-5-6-8-16-12/h5-8,10H,3-4,9,11H2,1-2H3. The largest absolute Gasteiger partial charge is 0.462 e. The number of rotatable bonds is 8. The molecule has 0 spiro atoms. The Balaban J connectivity index is 2.88. The third-order valence-electron chi connectivity index (χ3n) is 2.36. The summed E-state index contributed by atoms with van der Waals surface area (Å²) in [5.41, 5.74) is 0.487. The molecule has 0 fully saturated rings. The molecule has 5 nitrogen and oxygen atoms in total. The number of carbonyl (C=O) groups excluding carboxylic acids is 2. The number of Topliss-reactive ketones (excluding diaryl/α,β-unsaturated/α-hetero) is 1. The highest BCUT2D eigenvalue weighted by molar-refractivity contribution is 6.21. The number of ketones is 1. The fraction of sp³-hybridized carbons (Fsp3) is 0.400. The smallest absolute Gasteiger partial charge is 0.341 e. The average molecular weight is 277 g/mol. The lowest BCUT2D eigenvalue weighted by Gasteiger charge is -2.06. The third-order valence-corrected chi connectivity index (χ3v) is 2.36. The lowest BCUT2D eigenvalue weighted by molar-refractivity contribution is -0.140. The second kappa shape index (κ2) is 8.98. The van der Waals surface area contributed by atoms with Crippen LogP contribution in [0.15, 0.2) is 30.0 Å². The summed E-state index contributed by atoms with van der Waals surface area (Å²) < 4.78 is 10.1. The predicted octanol–water partition coefficient (Wildman–Crippen LogP) is 2.02. The minimum Gasteiger partial charge on any atom is -0.462 e. The van der Waals surface area contributed by atoms with Crippen molar-refractivity contribution in [1.82, 2.24) is 4.98 Å². The molecule has 0 aliphatic heterocycles. The Bertz CT molecular complexity index is 468. The molecule has 1 heterocycles. The number of nitrogens with zero attached hydrogens (tertiary/aromatic N) is 1. The molecule has 1 aromatic heterocycles. The normalized spacial score (nSPS) is 11.2. The van der Waals surface area contributed by atoms with Gasteiger partial charge in [0.05, 0.1) is 12.3 Å². The van der Waals surface area contributed by atoms with E-state index >= 15 is 0 Å². The van der Waals surface area contributed by atoms with Gasteiger partial charge in [0.1, 0.15) is 12.2 Å². The van der Waals surface area contributed by atoms with Crippen LogP contribution in [-0.2, 0) is 19.1 Å². The van der Waals surface area contributed by atoms with E-state index in [1.807, 2.05) is 6.92 Å². The summed E-state index contributed by atoms with van der Waals surface area (Å²) in [5, 5.41) is 0. The van der Waals surface area contributed by atoms with Crippen LogP contribution in [0.3, 0.4) is 0 Å². The van der Waals surface area contributed by atoms with E-state index in [2.05, 4.69) is 4.98 Å². The minimum atomic E-state index is -0.650. The highest BCUT2D eigenvalue weighted by Crippen LogP contribution is 2.08. The molecule has 0 saturated heterocycles. The molecular formula is C15H19NO4. The molecule has 0 N–H and O–H groups in total. The van der Waals surface area contributed by atoms with Crippen molar-refractivity contribution < 1.29 is 19.1 Å². The first-order valence-electron chi connectivity index (χ1n) is 6.59. The molecule has 0 aliphatic carbocycles. The van der Waals surface area contributed by atoms with Gasteiger partial charge in [-0.15, -0.1) is 0 Å². The van der Waals surface area contributed by atoms with Gasteiger partial charge in [0, 0.05) is 12.8 Å². The van der Waals surface area contributed by atoms with Crippen LogP contribution < -0.4 is 0 Å². The number of pyridine rings is 1. The molecule has 0 amide bonds. The van der Waals surface area contributed by atoms with Crippen LogP contribution in [0.2, 0.25) is 0 Å². The number of hydrogen-bond donors (Lipinski definition) is 0. The van der Waals surface area contributed by atoms with E-state index < -0.39 is 11.8 Å². The number of aromatic nitrogens is 1. The maximum absolute atomic E-state index is 12.0. The van der Waals surface area contributed by atoms with Gasteiger partial charge in [0.2, 0.25) is 0 Å². The van der Waals surface area contributed by atoms with E-state index in [1.165, 1.54) is 6.08 Å². The Hall–Kier alpha value is -2.01. The van der Waals surface area contributed by atoms with Crippen LogP contribution in [0.1, 0.15) is 26.0 Å². The van der Waals surface area contributed by atoms with Gasteiger partial charge in [-0.1, -0.05) is 13.0 Å². The second-order valence-electron chi connectivity index (χ2n) is 4.01. The summed E-state index contributed by atoms with van der Waals surface area (Å²) in [6.45, 7) is 4.19. The number of hydrogen-bond acceptors (Lipinski definition) is 5. The summed E-state index contributed by atoms with van der Waals surface area (Å²) in [5.74, 6) is -1.05. The van der Waals surface area contributed by atoms with Crippen LogP contribution in [0.5, 0.6) is 0 Å². The van der Waals surface area contributed by atoms with Crippen LogP contribution in [-0.4, -0.2) is 36.6 Å². The molecule has 20 heavy (non-hydrogen) atoms. The van der Waals surface area contributed by atoms with Crippen molar-refractivity contribution in [3.8, 4) is 0 Å². The van der Waals surface area contributed by atoms with Crippen molar-refractivity contribution in [3.63, 3.8) is 0 Å². The molecule has 0 aromatic carbocycles. The van der Waals surface area contributed by atoms with Gasteiger partial charge in [-0.25, -0.2) is 4.79 Å². The SMILES string of the molecule is CCCOCC(=O)C(=Cc1ccccn1)C(=O)OCC. The summed E-state index contributed by atoms with van der Waals surface area (Å²) >= 11 is 0. The van der Waals surface area contributed by atoms with Gasteiger partial charge in [-0.3, -0.25) is 9.78 Å². The highest BCUT2D eigenvalue weighted by atomic mass is 16.5. The highest BCUT2D eigenvalue weighted by Gasteiger charge is 2.19. The first kappa shape index (κ1) is 16.0. The molecule has 0 unspecified atom stereocenters. The lowest BCUT2D eigenvalue weighted by Crippen LogP contribution is -2.20. The van der Waals surface area contributed by atoms with Gasteiger partial charge < -0.3 is 9.47 Å². The maximum Gasteiger partial charge on any atom is 0.341 e. The number of ether oxygens (including phenoxy) is 2. The van der Waals surface area contributed by atoms with Crippen molar-refractivity contribution >= 4 is 17.8 Å². The molecule has 1 aromatic rings. The molecule has 0 bridgehead atoms. The van der Waals surface area contributed by atoms with Gasteiger partial charge in [-0.05, 0) is 31.6 Å². The van der Waals surface area contributed by atoms with E-state index in [-0.39, 0.29) is 18.8 Å². The zero-order valence-electron chi connectivity index (χ0n) is 11.8. The third kappa shape index (κ3) is 5.32. The summed E-state index contributed by atoms with van der Waals surface area (Å²) in [6.07, 6.45) is 3.83. The zero-order chi connectivity index (χ0) is 14.8. The summed E-state index contributed by atoms with van der Waals surface area (Å²) in [6, 6.07) is 5.24. The summed E-state index contributed by atoms with van der Waals surface area (Å²) in [7, 11) is 0. The van der Waals surface area contributed by atoms with Gasteiger partial charge in [-0.2, -0.15) is 0 Å². The molecule has 108 valence electrons. The van der Waals surface area contributed by atoms with Crippen LogP contribution in [0.4, 0.5) is 0 Å². The molecule has 0 aliphatic rings. The topological polar surface area (TPSA) is 65.5 Å². The molecule has 1 rings (SSSR count). The van der Waals surface area contributed by atoms with E-state index in [0.29, 0.717) is 12.3 Å². The predicted molar refractivity (Wildman–Crippen MR) is 75.0 cm³/mol. The monoisotopic (exact) mass is 277 g/mol. The van der Waals surface area contributed by atoms with Crippen molar-refractivity contribution in [2.24, 2.45) is 0 Å². The van der Waals surface area contributed by atoms with Gasteiger partial charge in [0.25, 0.3) is 0 Å². The lowest BCUT2D eigenvalue weighted by atomic mass is 10.1. The Morgan fingerprint density at radius 3 is 2.70 bits per heavy atom. The molecule has 0 atom stereocenters. The maximum atomic E-state index is 12.0. The first-order chi connectivity index (χ1) is 9.69. The van der Waals surface area contributed by atoms with Crippen molar-refractivity contribution in [2.45, 2.75) is 20.3 Å². The molecule has 5 heteroatoms. The second-order valence-corrected chi connectivity index (χ2v) is 4.01. The van der Waals surface area contributed by atoms with Gasteiger partial charge >= 0.3 is 5.97 Å². The first-order valence-corrected chi connectivity index (χ1v) is 6.59. The molecule has 0 saturated carbocycles. The zero-order valence-corrected chi connectivity index (χ0v) is 11.8. The fourth-order valence-corrected chi connectivity index (χ4v) is 1.46. The Morgan fingerprint density at radius 1 is 1.30 bits per heavy atom. The molecule has 0 radical (unpaired) electrons. The minimum absolute atomic E-state index is 0.0401. The van der Waals surface area contributed by atoms with Crippen molar-refractivity contribution in [1.29, 1.82) is 0 Å². The fourth-order valence-electron chi connectivity index (χ4n) is 1.46. The molecular weight excluding hydrogens is 258 g/mol. The Labute approximate surface area is 118 Å². The van der Waals surface area contributed by atoms with Crippen molar-refractivity contribution in [2.75, 3.05) is 19.8 Å². The van der Waals surface area contributed by atoms with Crippen LogP contribution in [0.25, 0.3) is 6.08 Å².